The molecule has 194 valence electrons. The fourth-order valence-electron chi connectivity index (χ4n) is 4.39. The topological polar surface area (TPSA) is 35.5 Å². The number of benzene rings is 2. The van der Waals surface area contributed by atoms with Crippen LogP contribution in [0.15, 0.2) is 54.6 Å². The molecule has 0 amide bonds. The molecule has 0 aliphatic carbocycles. The summed E-state index contributed by atoms with van der Waals surface area (Å²) in [5.74, 6) is 0.802. The summed E-state index contributed by atoms with van der Waals surface area (Å²) in [6, 6.07) is 18.9. The minimum Gasteiger partial charge on any atom is -0.493 e. The van der Waals surface area contributed by atoms with Crippen LogP contribution in [0.3, 0.4) is 0 Å². The summed E-state index contributed by atoms with van der Waals surface area (Å²) >= 11 is 0. The predicted molar refractivity (Wildman–Crippen MR) is 146 cm³/mol. The lowest BCUT2D eigenvalue weighted by Gasteiger charge is -2.29. The van der Waals surface area contributed by atoms with Crippen LogP contribution in [0, 0.1) is 0 Å². The second-order valence-electron chi connectivity index (χ2n) is 10.3. The summed E-state index contributed by atoms with van der Waals surface area (Å²) in [6.45, 7) is 5.15. The van der Waals surface area contributed by atoms with Crippen molar-refractivity contribution in [3.05, 3.63) is 65.7 Å². The van der Waals surface area contributed by atoms with Gasteiger partial charge >= 0.3 is 5.97 Å². The Balaban J connectivity index is 1.52. The third kappa shape index (κ3) is 14.0. The smallest absolute Gasteiger partial charge is 0.306 e. The van der Waals surface area contributed by atoms with E-state index in [1.165, 1.54) is 56.1 Å². The van der Waals surface area contributed by atoms with Gasteiger partial charge in [0.25, 0.3) is 0 Å². The first kappa shape index (κ1) is 28.9. The minimum atomic E-state index is -0.110. The number of carbonyl (C=O) groups excluding carboxylic acids is 1. The normalized spacial score (nSPS) is 11.4. The van der Waals surface area contributed by atoms with Crippen molar-refractivity contribution in [3.63, 3.8) is 0 Å². The summed E-state index contributed by atoms with van der Waals surface area (Å²) in [4.78, 5) is 12.1. The van der Waals surface area contributed by atoms with E-state index >= 15 is 0 Å². The molecule has 0 atom stereocenters. The Labute approximate surface area is 214 Å². The first-order chi connectivity index (χ1) is 17.0. The van der Waals surface area contributed by atoms with Crippen LogP contribution < -0.4 is 4.74 Å². The maximum Gasteiger partial charge on any atom is 0.306 e. The molecule has 2 rings (SSSR count). The van der Waals surface area contributed by atoms with E-state index in [2.05, 4.69) is 63.5 Å². The number of carbonyl (C=O) groups is 1. The highest BCUT2D eigenvalue weighted by Gasteiger charge is 2.16. The predicted octanol–water partition coefficient (Wildman–Crippen LogP) is 7.35. The fourth-order valence-corrected chi connectivity index (χ4v) is 4.39. The van der Waals surface area contributed by atoms with Crippen LogP contribution in [0.25, 0.3) is 0 Å². The summed E-state index contributed by atoms with van der Waals surface area (Å²) < 4.78 is 12.2. The highest BCUT2D eigenvalue weighted by Crippen LogP contribution is 2.17. The molecule has 0 bridgehead atoms. The van der Waals surface area contributed by atoms with Gasteiger partial charge in [0.05, 0.1) is 40.3 Å². The first-order valence-corrected chi connectivity index (χ1v) is 13.7. The number of hydrogen-bond acceptors (Lipinski definition) is 3. The maximum atomic E-state index is 12.1. The van der Waals surface area contributed by atoms with Crippen molar-refractivity contribution >= 4 is 5.97 Å². The number of esters is 1. The number of hydrogen-bond donors (Lipinski definition) is 0. The molecule has 0 spiro atoms. The number of nitrogens with zero attached hydrogens (tertiary/aromatic N) is 1. The summed E-state index contributed by atoms with van der Waals surface area (Å²) in [7, 11) is 4.42. The Bertz CT molecular complexity index is 819. The monoisotopic (exact) mass is 482 g/mol. The molecule has 0 saturated heterocycles. The van der Waals surface area contributed by atoms with Gasteiger partial charge in [-0.15, -0.1) is 0 Å². The summed E-state index contributed by atoms with van der Waals surface area (Å²) in [6.07, 6.45) is 12.4. The number of aryl methyl sites for hydroxylation is 1. The van der Waals surface area contributed by atoms with Crippen molar-refractivity contribution < 1.29 is 18.8 Å². The van der Waals surface area contributed by atoms with Crippen molar-refractivity contribution in [2.45, 2.75) is 84.1 Å². The lowest BCUT2D eigenvalue weighted by Crippen LogP contribution is -2.39. The highest BCUT2D eigenvalue weighted by atomic mass is 16.5. The van der Waals surface area contributed by atoms with E-state index in [1.54, 1.807) is 0 Å². The van der Waals surface area contributed by atoms with Crippen LogP contribution in [0.1, 0.15) is 82.3 Å². The van der Waals surface area contributed by atoms with Crippen LogP contribution >= 0.6 is 0 Å². The van der Waals surface area contributed by atoms with E-state index in [-0.39, 0.29) is 5.97 Å². The van der Waals surface area contributed by atoms with Crippen LogP contribution in [-0.2, 0) is 22.5 Å². The van der Waals surface area contributed by atoms with Crippen molar-refractivity contribution in [1.29, 1.82) is 0 Å². The Hall–Kier alpha value is -2.33. The quantitative estimate of drug-likeness (QED) is 0.119. The van der Waals surface area contributed by atoms with Gasteiger partial charge in [-0.1, -0.05) is 87.9 Å². The lowest BCUT2D eigenvalue weighted by molar-refractivity contribution is -0.903. The van der Waals surface area contributed by atoms with Gasteiger partial charge < -0.3 is 14.0 Å². The van der Waals surface area contributed by atoms with Gasteiger partial charge in [0.1, 0.15) is 12.3 Å². The molecule has 4 nitrogen and oxygen atoms in total. The van der Waals surface area contributed by atoms with Crippen LogP contribution in [0.4, 0.5) is 0 Å². The SMILES string of the molecule is CCCCCCCCCc1cccc(OCCCOC(=O)CCC[N+](C)(C)Cc2ccccc2)c1. The molecular formula is C31H48NO3+. The third-order valence-corrected chi connectivity index (χ3v) is 6.39. The van der Waals surface area contributed by atoms with Crippen LogP contribution in [-0.4, -0.2) is 44.3 Å². The zero-order valence-corrected chi connectivity index (χ0v) is 22.5. The largest absolute Gasteiger partial charge is 0.493 e. The van der Waals surface area contributed by atoms with Gasteiger partial charge in [-0.3, -0.25) is 4.79 Å². The molecule has 0 heterocycles. The van der Waals surface area contributed by atoms with Crippen molar-refractivity contribution in [3.8, 4) is 5.75 Å². The van der Waals surface area contributed by atoms with E-state index in [0.29, 0.717) is 26.1 Å². The molecule has 4 heteroatoms. The van der Waals surface area contributed by atoms with E-state index < -0.39 is 0 Å². The van der Waals surface area contributed by atoms with E-state index in [4.69, 9.17) is 9.47 Å². The zero-order valence-electron chi connectivity index (χ0n) is 22.5. The van der Waals surface area contributed by atoms with Gasteiger partial charge in [-0.05, 0) is 30.5 Å². The van der Waals surface area contributed by atoms with Crippen LogP contribution in [0.5, 0.6) is 5.75 Å². The van der Waals surface area contributed by atoms with Gasteiger partial charge in [-0.2, -0.15) is 0 Å². The van der Waals surface area contributed by atoms with E-state index in [9.17, 15) is 4.79 Å². The number of unbranched alkanes of at least 4 members (excludes halogenated alkanes) is 6. The van der Waals surface area contributed by atoms with Gasteiger partial charge in [0.2, 0.25) is 0 Å². The molecule has 0 aromatic heterocycles. The van der Waals surface area contributed by atoms with E-state index in [1.807, 2.05) is 12.1 Å². The first-order valence-electron chi connectivity index (χ1n) is 13.7. The minimum absolute atomic E-state index is 0.110. The number of quaternary nitrogens is 1. The highest BCUT2D eigenvalue weighted by molar-refractivity contribution is 5.69. The zero-order chi connectivity index (χ0) is 25.2. The summed E-state index contributed by atoms with van der Waals surface area (Å²) in [5.41, 5.74) is 2.67. The second kappa shape index (κ2) is 17.2. The second-order valence-corrected chi connectivity index (χ2v) is 10.3. The van der Waals surface area contributed by atoms with Crippen LogP contribution in [0.2, 0.25) is 0 Å². The molecule has 0 radical (unpaired) electrons. The molecular weight excluding hydrogens is 434 g/mol. The van der Waals surface area contributed by atoms with E-state index in [0.717, 1.165) is 36.2 Å². The molecule has 0 N–H and O–H groups in total. The van der Waals surface area contributed by atoms with Gasteiger partial charge in [0.15, 0.2) is 0 Å². The third-order valence-electron chi connectivity index (χ3n) is 6.39. The fraction of sp³-hybridized carbons (Fsp3) is 0.581. The number of ether oxygens (including phenoxy) is 2. The van der Waals surface area contributed by atoms with Crippen molar-refractivity contribution in [1.82, 2.24) is 0 Å². The molecule has 0 unspecified atom stereocenters. The Morgan fingerprint density at radius 2 is 1.49 bits per heavy atom. The average molecular weight is 483 g/mol. The summed E-state index contributed by atoms with van der Waals surface area (Å²) in [5, 5.41) is 0. The standard InChI is InChI=1S/C31H48NO3/c1-4-5-6-7-8-9-11-17-28-20-14-21-30(26-28)34-24-16-25-35-31(33)22-15-23-32(2,3)27-29-18-12-10-13-19-29/h10,12-14,18-21,26H,4-9,11,15-17,22-25,27H2,1-3H3/q+1. The van der Waals surface area contributed by atoms with Crippen molar-refractivity contribution in [2.75, 3.05) is 33.9 Å². The average Bonchev–Trinajstić information content (AvgIpc) is 2.84. The van der Waals surface area contributed by atoms with Gasteiger partial charge in [-0.25, -0.2) is 0 Å². The maximum absolute atomic E-state index is 12.1. The Kier molecular flexibility index (Phi) is 14.2. The Morgan fingerprint density at radius 3 is 2.26 bits per heavy atom. The molecule has 0 fully saturated rings. The molecule has 0 aliphatic rings. The number of rotatable bonds is 19. The Morgan fingerprint density at radius 1 is 0.771 bits per heavy atom. The molecule has 2 aromatic rings. The molecule has 0 aliphatic heterocycles. The molecule has 2 aromatic carbocycles. The molecule has 35 heavy (non-hydrogen) atoms. The molecule has 0 saturated carbocycles. The lowest BCUT2D eigenvalue weighted by atomic mass is 10.0. The van der Waals surface area contributed by atoms with Crippen molar-refractivity contribution in [2.24, 2.45) is 0 Å². The van der Waals surface area contributed by atoms with Gasteiger partial charge in [0, 0.05) is 18.4 Å².